The molecule has 0 aliphatic carbocycles. The van der Waals surface area contributed by atoms with Crippen LogP contribution in [0.4, 0.5) is 10.6 Å². The summed E-state index contributed by atoms with van der Waals surface area (Å²) in [6.07, 6.45) is 1.65. The van der Waals surface area contributed by atoms with Gasteiger partial charge in [0, 0.05) is 17.1 Å². The van der Waals surface area contributed by atoms with Crippen molar-refractivity contribution in [2.24, 2.45) is 0 Å². The summed E-state index contributed by atoms with van der Waals surface area (Å²) in [7, 11) is 1.57. The highest BCUT2D eigenvalue weighted by atomic mass is 35.5. The maximum Gasteiger partial charge on any atom is 0.320 e. The summed E-state index contributed by atoms with van der Waals surface area (Å²) in [6.45, 7) is 2.37. The maximum atomic E-state index is 11.6. The number of rotatable bonds is 4. The molecule has 0 spiro atoms. The summed E-state index contributed by atoms with van der Waals surface area (Å²) in [6, 6.07) is 8.38. The van der Waals surface area contributed by atoms with Gasteiger partial charge in [0.25, 0.3) is 0 Å². The monoisotopic (exact) mass is 357 g/mol. The van der Waals surface area contributed by atoms with Crippen LogP contribution in [0.15, 0.2) is 36.5 Å². The lowest BCUT2D eigenvalue weighted by atomic mass is 10.1. The van der Waals surface area contributed by atoms with E-state index in [2.05, 4.69) is 25.6 Å². The van der Waals surface area contributed by atoms with Gasteiger partial charge < -0.3 is 10.1 Å². The number of aromatic nitrogens is 3. The van der Waals surface area contributed by atoms with Crippen LogP contribution in [-0.2, 0) is 0 Å². The van der Waals surface area contributed by atoms with Crippen molar-refractivity contribution in [1.29, 1.82) is 0 Å². The van der Waals surface area contributed by atoms with Gasteiger partial charge in [0.1, 0.15) is 17.1 Å². The van der Waals surface area contributed by atoms with Crippen molar-refractivity contribution >= 4 is 34.6 Å². The first-order valence-corrected chi connectivity index (χ1v) is 8.01. The first-order valence-electron chi connectivity index (χ1n) is 7.63. The Hall–Kier alpha value is -2.93. The van der Waals surface area contributed by atoms with Gasteiger partial charge in [0.2, 0.25) is 0 Å². The minimum Gasteiger partial charge on any atom is -0.496 e. The van der Waals surface area contributed by atoms with E-state index in [9.17, 15) is 4.79 Å². The van der Waals surface area contributed by atoms with Gasteiger partial charge in [-0.25, -0.2) is 14.8 Å². The smallest absolute Gasteiger partial charge is 0.320 e. The highest BCUT2D eigenvalue weighted by Crippen LogP contribution is 2.31. The summed E-state index contributed by atoms with van der Waals surface area (Å²) >= 11 is 6.00. The topological polar surface area (TPSA) is 89.0 Å². The van der Waals surface area contributed by atoms with Crippen LogP contribution in [0, 0.1) is 0 Å². The molecule has 0 unspecified atom stereocenters. The molecule has 0 atom stereocenters. The van der Waals surface area contributed by atoms with E-state index in [0.717, 1.165) is 5.56 Å². The van der Waals surface area contributed by atoms with Crippen LogP contribution in [0.3, 0.4) is 0 Å². The SMILES string of the molecule is CCNC(=O)Nc1ccc2ncc(-c3ccc(Cl)cc3OC)nc2n1. The molecule has 128 valence electrons. The first-order chi connectivity index (χ1) is 12.1. The summed E-state index contributed by atoms with van der Waals surface area (Å²) < 4.78 is 5.36. The Balaban J connectivity index is 2.00. The van der Waals surface area contributed by atoms with Crippen LogP contribution >= 0.6 is 11.6 Å². The van der Waals surface area contributed by atoms with E-state index < -0.39 is 0 Å². The average molecular weight is 358 g/mol. The van der Waals surface area contributed by atoms with Crippen LogP contribution in [0.25, 0.3) is 22.4 Å². The van der Waals surface area contributed by atoms with Crippen LogP contribution in [0.5, 0.6) is 5.75 Å². The molecule has 2 N–H and O–H groups in total. The van der Waals surface area contributed by atoms with E-state index in [0.29, 0.717) is 40.0 Å². The third-order valence-corrected chi connectivity index (χ3v) is 3.66. The molecule has 0 saturated heterocycles. The number of hydrogen-bond donors (Lipinski definition) is 2. The lowest BCUT2D eigenvalue weighted by molar-refractivity contribution is 0.252. The van der Waals surface area contributed by atoms with E-state index in [4.69, 9.17) is 16.3 Å². The molecular weight excluding hydrogens is 342 g/mol. The molecule has 0 fully saturated rings. The molecule has 1 aromatic carbocycles. The summed E-state index contributed by atoms with van der Waals surface area (Å²) in [5, 5.41) is 5.87. The van der Waals surface area contributed by atoms with Gasteiger partial charge in [0.15, 0.2) is 5.65 Å². The van der Waals surface area contributed by atoms with E-state index >= 15 is 0 Å². The number of nitrogens with zero attached hydrogens (tertiary/aromatic N) is 3. The predicted octanol–water partition coefficient (Wildman–Crippen LogP) is 3.50. The number of pyridine rings is 1. The average Bonchev–Trinajstić information content (AvgIpc) is 2.61. The number of carbonyl (C=O) groups is 1. The molecule has 7 nitrogen and oxygen atoms in total. The van der Waals surface area contributed by atoms with Crippen molar-refractivity contribution in [2.45, 2.75) is 6.92 Å². The highest BCUT2D eigenvalue weighted by molar-refractivity contribution is 6.30. The molecule has 8 heteroatoms. The van der Waals surface area contributed by atoms with Crippen molar-refractivity contribution in [3.63, 3.8) is 0 Å². The van der Waals surface area contributed by atoms with Crippen LogP contribution < -0.4 is 15.4 Å². The van der Waals surface area contributed by atoms with Crippen LogP contribution in [0.1, 0.15) is 6.92 Å². The third-order valence-electron chi connectivity index (χ3n) is 3.43. The molecule has 2 amide bonds. The van der Waals surface area contributed by atoms with Gasteiger partial charge in [-0.1, -0.05) is 11.6 Å². The Bertz CT molecular complexity index is 932. The number of anilines is 1. The number of hydrogen-bond acceptors (Lipinski definition) is 5. The van der Waals surface area contributed by atoms with E-state index in [-0.39, 0.29) is 6.03 Å². The number of ether oxygens (including phenoxy) is 1. The standard InChI is InChI=1S/C17H16ClN5O2/c1-3-19-17(24)23-15-7-6-12-16(22-15)21-13(9-20-12)11-5-4-10(18)8-14(11)25-2/h4-9H,3H2,1-2H3,(H2,19,21,22,23,24). The Morgan fingerprint density at radius 1 is 1.24 bits per heavy atom. The van der Waals surface area contributed by atoms with E-state index in [1.807, 2.05) is 13.0 Å². The molecule has 2 aromatic heterocycles. The van der Waals surface area contributed by atoms with Gasteiger partial charge in [-0.15, -0.1) is 0 Å². The Morgan fingerprint density at radius 3 is 2.84 bits per heavy atom. The number of benzene rings is 1. The zero-order valence-corrected chi connectivity index (χ0v) is 14.5. The zero-order chi connectivity index (χ0) is 17.8. The minimum atomic E-state index is -0.321. The number of halogens is 1. The molecule has 0 aliphatic rings. The van der Waals surface area contributed by atoms with Crippen LogP contribution in [-0.4, -0.2) is 34.6 Å². The lowest BCUT2D eigenvalue weighted by Gasteiger charge is -2.09. The number of amides is 2. The molecule has 3 aromatic rings. The molecule has 0 saturated carbocycles. The second-order valence-electron chi connectivity index (χ2n) is 5.12. The lowest BCUT2D eigenvalue weighted by Crippen LogP contribution is -2.28. The fraction of sp³-hybridized carbons (Fsp3) is 0.176. The number of fused-ring (bicyclic) bond motifs is 1. The highest BCUT2D eigenvalue weighted by Gasteiger charge is 2.11. The van der Waals surface area contributed by atoms with Crippen molar-refractivity contribution in [2.75, 3.05) is 19.0 Å². The summed E-state index contributed by atoms with van der Waals surface area (Å²) in [5.41, 5.74) is 2.40. The van der Waals surface area contributed by atoms with Crippen LogP contribution in [0.2, 0.25) is 5.02 Å². The minimum absolute atomic E-state index is 0.321. The zero-order valence-electron chi connectivity index (χ0n) is 13.7. The van der Waals surface area contributed by atoms with Gasteiger partial charge >= 0.3 is 6.03 Å². The number of urea groups is 1. The van der Waals surface area contributed by atoms with Crippen molar-refractivity contribution in [3.8, 4) is 17.0 Å². The second kappa shape index (κ2) is 7.31. The largest absolute Gasteiger partial charge is 0.496 e. The van der Waals surface area contributed by atoms with E-state index in [1.165, 1.54) is 0 Å². The number of carbonyl (C=O) groups excluding carboxylic acids is 1. The Kier molecular flexibility index (Phi) is 4.95. The molecule has 25 heavy (non-hydrogen) atoms. The van der Waals surface area contributed by atoms with Crippen molar-refractivity contribution < 1.29 is 9.53 Å². The molecule has 2 heterocycles. The number of methoxy groups -OCH3 is 1. The molecule has 0 radical (unpaired) electrons. The maximum absolute atomic E-state index is 11.6. The molecule has 0 aliphatic heterocycles. The fourth-order valence-corrected chi connectivity index (χ4v) is 2.46. The molecule has 3 rings (SSSR count). The summed E-state index contributed by atoms with van der Waals surface area (Å²) in [5.74, 6) is 0.991. The fourth-order valence-electron chi connectivity index (χ4n) is 2.29. The van der Waals surface area contributed by atoms with Gasteiger partial charge in [0.05, 0.1) is 19.0 Å². The van der Waals surface area contributed by atoms with E-state index in [1.54, 1.807) is 37.6 Å². The Labute approximate surface area is 149 Å². The second-order valence-corrected chi connectivity index (χ2v) is 5.56. The predicted molar refractivity (Wildman–Crippen MR) is 97.0 cm³/mol. The number of nitrogens with one attached hydrogen (secondary N) is 2. The Morgan fingerprint density at radius 2 is 2.08 bits per heavy atom. The van der Waals surface area contributed by atoms with Gasteiger partial charge in [-0.2, -0.15) is 0 Å². The van der Waals surface area contributed by atoms with Crippen molar-refractivity contribution in [1.82, 2.24) is 20.3 Å². The van der Waals surface area contributed by atoms with Gasteiger partial charge in [-0.3, -0.25) is 10.3 Å². The van der Waals surface area contributed by atoms with Gasteiger partial charge in [-0.05, 0) is 37.3 Å². The molecular formula is C17H16ClN5O2. The normalized spacial score (nSPS) is 10.5. The molecule has 0 bridgehead atoms. The first kappa shape index (κ1) is 16.9. The summed E-state index contributed by atoms with van der Waals surface area (Å²) in [4.78, 5) is 24.9. The van der Waals surface area contributed by atoms with Crippen molar-refractivity contribution in [3.05, 3.63) is 41.6 Å². The third kappa shape index (κ3) is 3.77. The quantitative estimate of drug-likeness (QED) is 0.746.